The molecule has 0 saturated carbocycles. The molecule has 0 spiro atoms. The summed E-state index contributed by atoms with van der Waals surface area (Å²) in [5, 5.41) is 3.54. The Bertz CT molecular complexity index is 439. The molecule has 0 aromatic heterocycles. The maximum atomic E-state index is 11.4. The fourth-order valence-electron chi connectivity index (χ4n) is 1.01. The summed E-state index contributed by atoms with van der Waals surface area (Å²) >= 11 is 11.6. The predicted octanol–water partition coefficient (Wildman–Crippen LogP) is 4.06. The van der Waals surface area contributed by atoms with Crippen LogP contribution in [0, 0.1) is 0 Å². The Morgan fingerprint density at radius 1 is 1.25 bits per heavy atom. The van der Waals surface area contributed by atoms with Gasteiger partial charge in [0.2, 0.25) is 5.91 Å². The molecule has 1 aromatic carbocycles. The maximum Gasteiger partial charge on any atom is 0.248 e. The van der Waals surface area contributed by atoms with E-state index in [2.05, 4.69) is 5.32 Å². The topological polar surface area (TPSA) is 29.1 Å². The predicted molar refractivity (Wildman–Crippen MR) is 69.0 cm³/mol. The molecule has 0 bridgehead atoms. The van der Waals surface area contributed by atoms with Gasteiger partial charge in [0.25, 0.3) is 0 Å². The fraction of sp³-hybridized carbons (Fsp3) is 0.0833. The van der Waals surface area contributed by atoms with Crippen LogP contribution in [0.1, 0.15) is 6.92 Å². The van der Waals surface area contributed by atoms with Gasteiger partial charge in [0, 0.05) is 11.8 Å². The van der Waals surface area contributed by atoms with Gasteiger partial charge in [0.05, 0.1) is 10.0 Å². The molecule has 2 nitrogen and oxygen atoms in total. The summed E-state index contributed by atoms with van der Waals surface area (Å²) in [7, 11) is 0. The Kier molecular flexibility index (Phi) is 5.09. The molecule has 4 heteroatoms. The maximum absolute atomic E-state index is 11.4. The van der Waals surface area contributed by atoms with Gasteiger partial charge in [-0.3, -0.25) is 4.79 Å². The molecule has 0 saturated heterocycles. The fourth-order valence-corrected chi connectivity index (χ4v) is 1.31. The molecule has 0 atom stereocenters. The van der Waals surface area contributed by atoms with Crippen LogP contribution in [0.4, 0.5) is 5.69 Å². The number of allylic oxidation sites excluding steroid dienone is 3. The number of nitrogens with one attached hydrogen (secondary N) is 1. The van der Waals surface area contributed by atoms with Crippen LogP contribution in [-0.2, 0) is 4.79 Å². The first-order chi connectivity index (χ1) is 7.63. The molecule has 0 heterocycles. The summed E-state index contributed by atoms with van der Waals surface area (Å²) in [5.41, 5.74) is 0.615. The van der Waals surface area contributed by atoms with E-state index in [0.29, 0.717) is 15.7 Å². The highest BCUT2D eigenvalue weighted by Crippen LogP contribution is 2.24. The van der Waals surface area contributed by atoms with Crippen LogP contribution in [0.15, 0.2) is 42.5 Å². The van der Waals surface area contributed by atoms with Gasteiger partial charge in [-0.1, -0.05) is 41.4 Å². The lowest BCUT2D eigenvalue weighted by atomic mass is 10.3. The van der Waals surface area contributed by atoms with E-state index in [9.17, 15) is 4.79 Å². The molecule has 84 valence electrons. The molecule has 1 amide bonds. The summed E-state index contributed by atoms with van der Waals surface area (Å²) < 4.78 is 0. The normalized spacial score (nSPS) is 11.2. The summed E-state index contributed by atoms with van der Waals surface area (Å²) in [6, 6.07) is 4.93. The van der Waals surface area contributed by atoms with Gasteiger partial charge in [-0.2, -0.15) is 0 Å². The van der Waals surface area contributed by atoms with Gasteiger partial charge in [-0.25, -0.2) is 0 Å². The van der Waals surface area contributed by atoms with Crippen molar-refractivity contribution in [3.63, 3.8) is 0 Å². The molecule has 16 heavy (non-hydrogen) atoms. The van der Waals surface area contributed by atoms with Gasteiger partial charge in [-0.15, -0.1) is 0 Å². The number of hydrogen-bond acceptors (Lipinski definition) is 1. The van der Waals surface area contributed by atoms with Crippen LogP contribution in [0.3, 0.4) is 0 Å². The zero-order chi connectivity index (χ0) is 12.0. The average molecular weight is 256 g/mol. The number of amides is 1. The highest BCUT2D eigenvalue weighted by Gasteiger charge is 2.01. The Balaban J connectivity index is 2.66. The van der Waals surface area contributed by atoms with Crippen molar-refractivity contribution in [2.45, 2.75) is 6.92 Å². The van der Waals surface area contributed by atoms with E-state index in [-0.39, 0.29) is 5.91 Å². The van der Waals surface area contributed by atoms with Crippen molar-refractivity contribution in [3.8, 4) is 0 Å². The van der Waals surface area contributed by atoms with Gasteiger partial charge in [0.1, 0.15) is 0 Å². The van der Waals surface area contributed by atoms with Gasteiger partial charge >= 0.3 is 0 Å². The molecule has 1 rings (SSSR count). The second kappa shape index (κ2) is 6.36. The number of hydrogen-bond donors (Lipinski definition) is 1. The van der Waals surface area contributed by atoms with Crippen molar-refractivity contribution in [2.75, 3.05) is 5.32 Å². The van der Waals surface area contributed by atoms with E-state index >= 15 is 0 Å². The Morgan fingerprint density at radius 3 is 2.62 bits per heavy atom. The lowest BCUT2D eigenvalue weighted by Gasteiger charge is -2.03. The van der Waals surface area contributed by atoms with Crippen LogP contribution < -0.4 is 5.32 Å². The first-order valence-corrected chi connectivity index (χ1v) is 5.44. The summed E-state index contributed by atoms with van der Waals surface area (Å²) in [5.74, 6) is -0.212. The summed E-state index contributed by atoms with van der Waals surface area (Å²) in [6.07, 6.45) is 6.70. The van der Waals surface area contributed by atoms with E-state index in [1.165, 1.54) is 6.08 Å². The molecule has 1 N–H and O–H groups in total. The van der Waals surface area contributed by atoms with Crippen molar-refractivity contribution in [3.05, 3.63) is 52.5 Å². The van der Waals surface area contributed by atoms with Crippen LogP contribution in [0.5, 0.6) is 0 Å². The van der Waals surface area contributed by atoms with E-state index < -0.39 is 0 Å². The van der Waals surface area contributed by atoms with Crippen molar-refractivity contribution in [1.29, 1.82) is 0 Å². The number of benzene rings is 1. The Morgan fingerprint density at radius 2 is 2.00 bits per heavy atom. The van der Waals surface area contributed by atoms with Crippen molar-refractivity contribution in [1.82, 2.24) is 0 Å². The number of carbonyl (C=O) groups is 1. The second-order valence-corrected chi connectivity index (χ2v) is 3.82. The lowest BCUT2D eigenvalue weighted by Crippen LogP contribution is -2.07. The summed E-state index contributed by atoms with van der Waals surface area (Å²) in [4.78, 5) is 11.4. The molecule has 0 aliphatic carbocycles. The number of carbonyl (C=O) groups excluding carboxylic acids is 1. The van der Waals surface area contributed by atoms with Crippen molar-refractivity contribution < 1.29 is 4.79 Å². The molecular weight excluding hydrogens is 245 g/mol. The molecule has 0 aliphatic heterocycles. The molecule has 0 aliphatic rings. The monoisotopic (exact) mass is 255 g/mol. The smallest absolute Gasteiger partial charge is 0.248 e. The average Bonchev–Trinajstić information content (AvgIpc) is 2.24. The summed E-state index contributed by atoms with van der Waals surface area (Å²) in [6.45, 7) is 1.88. The minimum atomic E-state index is -0.212. The van der Waals surface area contributed by atoms with Crippen LogP contribution in [0.25, 0.3) is 0 Å². The third kappa shape index (κ3) is 4.09. The standard InChI is InChI=1S/C12H11Cl2NO/c1-2-3-4-5-12(16)15-9-6-7-10(13)11(14)8-9/h2-8H,1H3,(H,15,16)/b3-2+,5-4+. The molecule has 0 unspecified atom stereocenters. The van der Waals surface area contributed by atoms with Crippen LogP contribution in [-0.4, -0.2) is 5.91 Å². The third-order valence-electron chi connectivity index (χ3n) is 1.74. The minimum absolute atomic E-state index is 0.212. The third-order valence-corrected chi connectivity index (χ3v) is 2.48. The highest BCUT2D eigenvalue weighted by molar-refractivity contribution is 6.42. The van der Waals surface area contributed by atoms with E-state index in [1.807, 2.05) is 13.0 Å². The molecule has 0 fully saturated rings. The lowest BCUT2D eigenvalue weighted by molar-refractivity contribution is -0.111. The van der Waals surface area contributed by atoms with Gasteiger partial charge in [0.15, 0.2) is 0 Å². The second-order valence-electron chi connectivity index (χ2n) is 3.00. The highest BCUT2D eigenvalue weighted by atomic mass is 35.5. The van der Waals surface area contributed by atoms with Crippen LogP contribution in [0.2, 0.25) is 10.0 Å². The molecule has 0 radical (unpaired) electrons. The first kappa shape index (κ1) is 12.8. The first-order valence-electron chi connectivity index (χ1n) is 4.69. The van der Waals surface area contributed by atoms with Gasteiger partial charge < -0.3 is 5.32 Å². The van der Waals surface area contributed by atoms with Crippen molar-refractivity contribution >= 4 is 34.8 Å². The SMILES string of the molecule is C/C=C/C=C/C(=O)Nc1ccc(Cl)c(Cl)c1. The van der Waals surface area contributed by atoms with E-state index in [1.54, 1.807) is 30.4 Å². The molecular formula is C12H11Cl2NO. The number of rotatable bonds is 3. The molecule has 1 aromatic rings. The van der Waals surface area contributed by atoms with E-state index in [0.717, 1.165) is 0 Å². The van der Waals surface area contributed by atoms with Gasteiger partial charge in [-0.05, 0) is 25.1 Å². The zero-order valence-corrected chi connectivity index (χ0v) is 10.2. The van der Waals surface area contributed by atoms with E-state index in [4.69, 9.17) is 23.2 Å². The number of anilines is 1. The number of halogens is 2. The largest absolute Gasteiger partial charge is 0.322 e. The quantitative estimate of drug-likeness (QED) is 0.641. The van der Waals surface area contributed by atoms with Crippen LogP contribution >= 0.6 is 23.2 Å². The van der Waals surface area contributed by atoms with Crippen molar-refractivity contribution in [2.24, 2.45) is 0 Å². The zero-order valence-electron chi connectivity index (χ0n) is 8.71. The minimum Gasteiger partial charge on any atom is -0.322 e. The Labute approximate surface area is 105 Å². The Hall–Kier alpha value is -1.25.